The Morgan fingerprint density at radius 1 is 1.00 bits per heavy atom. The first-order valence-corrected chi connectivity index (χ1v) is 8.47. The number of aryl methyl sites for hydroxylation is 1. The van der Waals surface area contributed by atoms with Gasteiger partial charge in [-0.2, -0.15) is 4.98 Å². The van der Waals surface area contributed by atoms with E-state index < -0.39 is 0 Å². The summed E-state index contributed by atoms with van der Waals surface area (Å²) in [4.78, 5) is 16.9. The number of carbonyl (C=O) groups excluding carboxylic acids is 1. The van der Waals surface area contributed by atoms with Crippen LogP contribution in [0, 0.1) is 0 Å². The molecule has 5 nitrogen and oxygen atoms in total. The molecule has 0 aliphatic carbocycles. The van der Waals surface area contributed by atoms with Crippen molar-refractivity contribution in [1.82, 2.24) is 10.1 Å². The van der Waals surface area contributed by atoms with Crippen molar-refractivity contribution >= 4 is 22.4 Å². The third-order valence-electron chi connectivity index (χ3n) is 4.21. The maximum absolute atomic E-state index is 12.6. The van der Waals surface area contributed by atoms with E-state index in [1.54, 1.807) is 12.1 Å². The molecule has 0 fully saturated rings. The summed E-state index contributed by atoms with van der Waals surface area (Å²) >= 11 is 0. The molecular formula is C21H17N3O2. The van der Waals surface area contributed by atoms with Crippen LogP contribution in [0.4, 0.5) is 5.69 Å². The summed E-state index contributed by atoms with van der Waals surface area (Å²) in [6.45, 7) is 1.96. The fraction of sp³-hybridized carbons (Fsp3) is 0.0952. The molecule has 0 radical (unpaired) electrons. The number of carbonyl (C=O) groups is 1. The Balaban J connectivity index is 1.56. The highest BCUT2D eigenvalue weighted by atomic mass is 16.5. The smallest absolute Gasteiger partial charge is 0.255 e. The highest BCUT2D eigenvalue weighted by molar-refractivity contribution is 6.09. The molecule has 26 heavy (non-hydrogen) atoms. The minimum absolute atomic E-state index is 0.157. The van der Waals surface area contributed by atoms with E-state index in [4.69, 9.17) is 4.52 Å². The van der Waals surface area contributed by atoms with Crippen LogP contribution in [-0.2, 0) is 6.42 Å². The van der Waals surface area contributed by atoms with E-state index in [0.29, 0.717) is 23.7 Å². The third-order valence-corrected chi connectivity index (χ3v) is 4.21. The Bertz CT molecular complexity index is 1060. The molecule has 3 aromatic carbocycles. The second kappa shape index (κ2) is 6.80. The minimum Gasteiger partial charge on any atom is -0.339 e. The van der Waals surface area contributed by atoms with Crippen LogP contribution in [0.25, 0.3) is 22.2 Å². The van der Waals surface area contributed by atoms with Crippen molar-refractivity contribution in [3.05, 3.63) is 78.2 Å². The van der Waals surface area contributed by atoms with Crippen molar-refractivity contribution in [2.45, 2.75) is 13.3 Å². The lowest BCUT2D eigenvalue weighted by Gasteiger charge is -2.09. The molecule has 1 aromatic heterocycles. The predicted molar refractivity (Wildman–Crippen MR) is 101 cm³/mol. The molecule has 4 rings (SSSR count). The molecule has 1 amide bonds. The molecule has 0 atom stereocenters. The number of anilines is 1. The van der Waals surface area contributed by atoms with Crippen LogP contribution in [0.3, 0.4) is 0 Å². The zero-order valence-corrected chi connectivity index (χ0v) is 14.3. The average Bonchev–Trinajstić information content (AvgIpc) is 3.18. The van der Waals surface area contributed by atoms with Gasteiger partial charge in [-0.1, -0.05) is 60.6 Å². The first-order chi connectivity index (χ1) is 12.7. The van der Waals surface area contributed by atoms with Crippen molar-refractivity contribution in [1.29, 1.82) is 0 Å². The summed E-state index contributed by atoms with van der Waals surface area (Å²) in [5, 5.41) is 9.03. The molecule has 5 heteroatoms. The standard InChI is InChI=1S/C21H17N3O2/c1-2-19-23-20(24-26-19)15-10-12-16(13-11-15)21(25)22-18-9-5-7-14-6-3-4-8-17(14)18/h3-13H,2H2,1H3,(H,22,25). The van der Waals surface area contributed by atoms with Gasteiger partial charge in [0.15, 0.2) is 0 Å². The van der Waals surface area contributed by atoms with Crippen LogP contribution in [0.1, 0.15) is 23.2 Å². The third kappa shape index (κ3) is 3.07. The fourth-order valence-corrected chi connectivity index (χ4v) is 2.82. The van der Waals surface area contributed by atoms with E-state index in [0.717, 1.165) is 22.0 Å². The number of hydrogen-bond acceptors (Lipinski definition) is 4. The molecule has 0 aliphatic rings. The van der Waals surface area contributed by atoms with E-state index in [1.807, 2.05) is 61.5 Å². The molecule has 0 saturated carbocycles. The number of fused-ring (bicyclic) bond motifs is 1. The quantitative estimate of drug-likeness (QED) is 0.583. The molecule has 1 N–H and O–H groups in total. The highest BCUT2D eigenvalue weighted by Crippen LogP contribution is 2.24. The van der Waals surface area contributed by atoms with E-state index in [2.05, 4.69) is 15.5 Å². The van der Waals surface area contributed by atoms with Crippen LogP contribution in [-0.4, -0.2) is 16.0 Å². The lowest BCUT2D eigenvalue weighted by molar-refractivity contribution is 0.102. The van der Waals surface area contributed by atoms with Crippen LogP contribution >= 0.6 is 0 Å². The number of nitrogens with one attached hydrogen (secondary N) is 1. The van der Waals surface area contributed by atoms with E-state index in [9.17, 15) is 4.79 Å². The Kier molecular flexibility index (Phi) is 4.19. The molecule has 0 aliphatic heterocycles. The highest BCUT2D eigenvalue weighted by Gasteiger charge is 2.11. The van der Waals surface area contributed by atoms with E-state index >= 15 is 0 Å². The first-order valence-electron chi connectivity index (χ1n) is 8.47. The number of amides is 1. The molecule has 4 aromatic rings. The average molecular weight is 343 g/mol. The van der Waals surface area contributed by atoms with Gasteiger partial charge >= 0.3 is 0 Å². The molecule has 0 bridgehead atoms. The van der Waals surface area contributed by atoms with Gasteiger partial charge in [-0.15, -0.1) is 0 Å². The lowest BCUT2D eigenvalue weighted by Crippen LogP contribution is -2.12. The molecule has 1 heterocycles. The van der Waals surface area contributed by atoms with Gasteiger partial charge in [0, 0.05) is 28.6 Å². The second-order valence-electron chi connectivity index (χ2n) is 5.92. The van der Waals surface area contributed by atoms with Crippen molar-refractivity contribution in [3.63, 3.8) is 0 Å². The maximum Gasteiger partial charge on any atom is 0.255 e. The first kappa shape index (κ1) is 16.0. The fourth-order valence-electron chi connectivity index (χ4n) is 2.82. The molecule has 0 saturated heterocycles. The summed E-state index contributed by atoms with van der Waals surface area (Å²) in [5.41, 5.74) is 2.18. The Hall–Kier alpha value is -3.47. The van der Waals surface area contributed by atoms with Gasteiger partial charge in [0.2, 0.25) is 11.7 Å². The summed E-state index contributed by atoms with van der Waals surface area (Å²) in [6, 6.07) is 21.0. The summed E-state index contributed by atoms with van der Waals surface area (Å²) in [6.07, 6.45) is 0.693. The minimum atomic E-state index is -0.157. The molecule has 0 spiro atoms. The topological polar surface area (TPSA) is 68.0 Å². The summed E-state index contributed by atoms with van der Waals surface area (Å²) in [7, 11) is 0. The lowest BCUT2D eigenvalue weighted by atomic mass is 10.1. The number of rotatable bonds is 4. The van der Waals surface area contributed by atoms with Gasteiger partial charge < -0.3 is 9.84 Å². The van der Waals surface area contributed by atoms with Gasteiger partial charge in [-0.25, -0.2) is 0 Å². The van der Waals surface area contributed by atoms with Gasteiger partial charge in [-0.05, 0) is 23.6 Å². The number of benzene rings is 3. The van der Waals surface area contributed by atoms with Crippen molar-refractivity contribution in [2.24, 2.45) is 0 Å². The number of nitrogens with zero attached hydrogens (tertiary/aromatic N) is 2. The Labute approximate surface area is 150 Å². The van der Waals surface area contributed by atoms with E-state index in [1.165, 1.54) is 0 Å². The molecular weight excluding hydrogens is 326 g/mol. The van der Waals surface area contributed by atoms with Crippen LogP contribution in [0.15, 0.2) is 71.3 Å². The predicted octanol–water partition coefficient (Wildman–Crippen LogP) is 4.70. The normalized spacial score (nSPS) is 10.8. The van der Waals surface area contributed by atoms with Crippen molar-refractivity contribution in [3.8, 4) is 11.4 Å². The monoisotopic (exact) mass is 343 g/mol. The van der Waals surface area contributed by atoms with E-state index in [-0.39, 0.29) is 5.91 Å². The van der Waals surface area contributed by atoms with Crippen LogP contribution < -0.4 is 5.32 Å². The van der Waals surface area contributed by atoms with Gasteiger partial charge in [0.25, 0.3) is 5.91 Å². The van der Waals surface area contributed by atoms with Gasteiger partial charge in [0.1, 0.15) is 0 Å². The zero-order valence-electron chi connectivity index (χ0n) is 14.3. The van der Waals surface area contributed by atoms with Crippen molar-refractivity contribution < 1.29 is 9.32 Å². The summed E-state index contributed by atoms with van der Waals surface area (Å²) in [5.74, 6) is 0.968. The van der Waals surface area contributed by atoms with Gasteiger partial charge in [0.05, 0.1) is 0 Å². The number of hydrogen-bond donors (Lipinski definition) is 1. The van der Waals surface area contributed by atoms with Crippen LogP contribution in [0.2, 0.25) is 0 Å². The Morgan fingerprint density at radius 2 is 1.77 bits per heavy atom. The number of aromatic nitrogens is 2. The van der Waals surface area contributed by atoms with Crippen LogP contribution in [0.5, 0.6) is 0 Å². The largest absolute Gasteiger partial charge is 0.339 e. The SMILES string of the molecule is CCc1nc(-c2ccc(C(=O)Nc3cccc4ccccc34)cc2)no1. The zero-order chi connectivity index (χ0) is 17.9. The summed E-state index contributed by atoms with van der Waals surface area (Å²) < 4.78 is 5.13. The Morgan fingerprint density at radius 3 is 2.54 bits per heavy atom. The molecule has 0 unspecified atom stereocenters. The van der Waals surface area contributed by atoms with Gasteiger partial charge in [-0.3, -0.25) is 4.79 Å². The van der Waals surface area contributed by atoms with Crippen molar-refractivity contribution in [2.75, 3.05) is 5.32 Å². The second-order valence-corrected chi connectivity index (χ2v) is 5.92. The molecule has 128 valence electrons. The maximum atomic E-state index is 12.6.